The Labute approximate surface area is 89.4 Å². The van der Waals surface area contributed by atoms with Crippen molar-refractivity contribution in [3.05, 3.63) is 35.4 Å². The molecule has 1 aliphatic carbocycles. The molecule has 15 heavy (non-hydrogen) atoms. The molecule has 0 aliphatic heterocycles. The first-order valence-corrected chi connectivity index (χ1v) is 5.10. The highest BCUT2D eigenvalue weighted by Gasteiger charge is 2.44. The van der Waals surface area contributed by atoms with E-state index in [-0.39, 0.29) is 11.6 Å². The van der Waals surface area contributed by atoms with Gasteiger partial charge in [-0.3, -0.25) is 4.79 Å². The molecule has 0 heterocycles. The van der Waals surface area contributed by atoms with Crippen LogP contribution in [0.15, 0.2) is 24.3 Å². The SMILES string of the molecule is COC1(NC(=O)c2ccccc2C)CC1. The molecule has 1 fully saturated rings. The van der Waals surface area contributed by atoms with Crippen LogP contribution < -0.4 is 5.32 Å². The smallest absolute Gasteiger partial charge is 0.253 e. The number of hydrogen-bond acceptors (Lipinski definition) is 2. The number of ether oxygens (including phenoxy) is 1. The Kier molecular flexibility index (Phi) is 2.49. The lowest BCUT2D eigenvalue weighted by molar-refractivity contribution is 0.0430. The van der Waals surface area contributed by atoms with Gasteiger partial charge in [0.15, 0.2) is 0 Å². The highest BCUT2D eigenvalue weighted by atomic mass is 16.5. The first-order valence-electron chi connectivity index (χ1n) is 5.10. The van der Waals surface area contributed by atoms with E-state index >= 15 is 0 Å². The van der Waals surface area contributed by atoms with Crippen LogP contribution in [0.5, 0.6) is 0 Å². The van der Waals surface area contributed by atoms with Crippen LogP contribution in [-0.2, 0) is 4.74 Å². The van der Waals surface area contributed by atoms with E-state index in [9.17, 15) is 4.79 Å². The summed E-state index contributed by atoms with van der Waals surface area (Å²) in [6.45, 7) is 1.93. The van der Waals surface area contributed by atoms with Gasteiger partial charge in [0.25, 0.3) is 5.91 Å². The third kappa shape index (κ3) is 2.02. The van der Waals surface area contributed by atoms with Crippen LogP contribution in [0, 0.1) is 6.92 Å². The lowest BCUT2D eigenvalue weighted by Gasteiger charge is -2.16. The highest BCUT2D eigenvalue weighted by molar-refractivity contribution is 5.96. The molecular formula is C12H15NO2. The highest BCUT2D eigenvalue weighted by Crippen LogP contribution is 2.36. The quantitative estimate of drug-likeness (QED) is 0.765. The van der Waals surface area contributed by atoms with Gasteiger partial charge in [0.1, 0.15) is 5.72 Å². The number of carbonyl (C=O) groups is 1. The van der Waals surface area contributed by atoms with Gasteiger partial charge in [0, 0.05) is 12.7 Å². The Hall–Kier alpha value is -1.35. The van der Waals surface area contributed by atoms with Gasteiger partial charge in [-0.1, -0.05) is 18.2 Å². The monoisotopic (exact) mass is 205 g/mol. The van der Waals surface area contributed by atoms with E-state index in [1.54, 1.807) is 7.11 Å². The second-order valence-electron chi connectivity index (χ2n) is 3.97. The van der Waals surface area contributed by atoms with Crippen LogP contribution in [-0.4, -0.2) is 18.7 Å². The largest absolute Gasteiger partial charge is 0.359 e. The van der Waals surface area contributed by atoms with Crippen molar-refractivity contribution in [2.45, 2.75) is 25.5 Å². The second kappa shape index (κ2) is 3.66. The van der Waals surface area contributed by atoms with Crippen molar-refractivity contribution in [3.63, 3.8) is 0 Å². The molecule has 1 aliphatic rings. The fourth-order valence-electron chi connectivity index (χ4n) is 1.60. The van der Waals surface area contributed by atoms with Crippen molar-refractivity contribution in [1.82, 2.24) is 5.32 Å². The normalized spacial score (nSPS) is 17.2. The molecule has 0 aromatic heterocycles. The van der Waals surface area contributed by atoms with Gasteiger partial charge < -0.3 is 10.1 Å². The molecule has 1 aromatic carbocycles. The van der Waals surface area contributed by atoms with Crippen molar-refractivity contribution in [3.8, 4) is 0 Å². The van der Waals surface area contributed by atoms with Crippen LogP contribution >= 0.6 is 0 Å². The average Bonchev–Trinajstić information content (AvgIpc) is 2.99. The Balaban J connectivity index is 2.12. The molecule has 1 N–H and O–H groups in total. The molecule has 0 radical (unpaired) electrons. The summed E-state index contributed by atoms with van der Waals surface area (Å²) in [6.07, 6.45) is 1.81. The van der Waals surface area contributed by atoms with Crippen LogP contribution in [0.25, 0.3) is 0 Å². The molecule has 3 nitrogen and oxygen atoms in total. The van der Waals surface area contributed by atoms with Gasteiger partial charge in [-0.05, 0) is 31.4 Å². The van der Waals surface area contributed by atoms with Gasteiger partial charge in [-0.15, -0.1) is 0 Å². The first-order chi connectivity index (χ1) is 7.17. The van der Waals surface area contributed by atoms with E-state index in [0.29, 0.717) is 0 Å². The summed E-state index contributed by atoms with van der Waals surface area (Å²) >= 11 is 0. The molecule has 0 saturated heterocycles. The Bertz CT molecular complexity index is 383. The topological polar surface area (TPSA) is 38.3 Å². The second-order valence-corrected chi connectivity index (χ2v) is 3.97. The molecule has 1 amide bonds. The number of aryl methyl sites for hydroxylation is 1. The third-order valence-electron chi connectivity index (χ3n) is 2.83. The number of nitrogens with one attached hydrogen (secondary N) is 1. The lowest BCUT2D eigenvalue weighted by atomic mass is 10.1. The van der Waals surface area contributed by atoms with Crippen molar-refractivity contribution < 1.29 is 9.53 Å². The molecule has 0 atom stereocenters. The maximum Gasteiger partial charge on any atom is 0.253 e. The summed E-state index contributed by atoms with van der Waals surface area (Å²) in [5.41, 5.74) is 1.32. The molecule has 3 heteroatoms. The van der Waals surface area contributed by atoms with Gasteiger partial charge in [-0.25, -0.2) is 0 Å². The van der Waals surface area contributed by atoms with Crippen molar-refractivity contribution >= 4 is 5.91 Å². The summed E-state index contributed by atoms with van der Waals surface area (Å²) in [5.74, 6) is -0.0487. The first kappa shape index (κ1) is 10.2. The van der Waals surface area contributed by atoms with E-state index in [4.69, 9.17) is 4.74 Å². The summed E-state index contributed by atoms with van der Waals surface area (Å²) in [6, 6.07) is 7.56. The molecule has 1 saturated carbocycles. The number of rotatable bonds is 3. The van der Waals surface area contributed by atoms with E-state index in [1.807, 2.05) is 31.2 Å². The Morgan fingerprint density at radius 3 is 2.60 bits per heavy atom. The van der Waals surface area contributed by atoms with Crippen LogP contribution in [0.1, 0.15) is 28.8 Å². The summed E-state index contributed by atoms with van der Waals surface area (Å²) in [5, 5.41) is 2.91. The summed E-state index contributed by atoms with van der Waals surface area (Å²) in [7, 11) is 1.63. The maximum atomic E-state index is 11.9. The van der Waals surface area contributed by atoms with Crippen molar-refractivity contribution in [1.29, 1.82) is 0 Å². The van der Waals surface area contributed by atoms with E-state index in [1.165, 1.54) is 0 Å². The standard InChI is InChI=1S/C12H15NO2/c1-9-5-3-4-6-10(9)11(14)13-12(15-2)7-8-12/h3-6H,7-8H2,1-2H3,(H,13,14). The van der Waals surface area contributed by atoms with Gasteiger partial charge in [0.05, 0.1) is 0 Å². The minimum absolute atomic E-state index is 0.0487. The van der Waals surface area contributed by atoms with Crippen LogP contribution in [0.2, 0.25) is 0 Å². The maximum absolute atomic E-state index is 11.9. The third-order valence-corrected chi connectivity index (χ3v) is 2.83. The van der Waals surface area contributed by atoms with E-state index in [2.05, 4.69) is 5.32 Å². The van der Waals surface area contributed by atoms with Crippen LogP contribution in [0.3, 0.4) is 0 Å². The Morgan fingerprint density at radius 2 is 2.07 bits per heavy atom. The molecule has 0 bridgehead atoms. The molecule has 1 aromatic rings. The predicted octanol–water partition coefficient (Wildman–Crippen LogP) is 1.86. The molecule has 2 rings (SSSR count). The number of carbonyl (C=O) groups excluding carboxylic acids is 1. The zero-order valence-electron chi connectivity index (χ0n) is 9.04. The fourth-order valence-corrected chi connectivity index (χ4v) is 1.60. The molecular weight excluding hydrogens is 190 g/mol. The minimum Gasteiger partial charge on any atom is -0.359 e. The van der Waals surface area contributed by atoms with Gasteiger partial charge >= 0.3 is 0 Å². The van der Waals surface area contributed by atoms with Gasteiger partial charge in [-0.2, -0.15) is 0 Å². The van der Waals surface area contributed by atoms with Crippen molar-refractivity contribution in [2.24, 2.45) is 0 Å². The zero-order chi connectivity index (χ0) is 10.9. The van der Waals surface area contributed by atoms with E-state index in [0.717, 1.165) is 24.0 Å². The predicted molar refractivity (Wildman–Crippen MR) is 57.6 cm³/mol. The van der Waals surface area contributed by atoms with Crippen LogP contribution in [0.4, 0.5) is 0 Å². The lowest BCUT2D eigenvalue weighted by Crippen LogP contribution is -2.38. The average molecular weight is 205 g/mol. The zero-order valence-corrected chi connectivity index (χ0v) is 9.04. The van der Waals surface area contributed by atoms with Crippen molar-refractivity contribution in [2.75, 3.05) is 7.11 Å². The van der Waals surface area contributed by atoms with Gasteiger partial charge in [0.2, 0.25) is 0 Å². The van der Waals surface area contributed by atoms with E-state index < -0.39 is 0 Å². The number of benzene rings is 1. The molecule has 80 valence electrons. The fraction of sp³-hybridized carbons (Fsp3) is 0.417. The molecule has 0 spiro atoms. The minimum atomic E-state index is -0.390. The number of amides is 1. The Morgan fingerprint density at radius 1 is 1.40 bits per heavy atom. The summed E-state index contributed by atoms with van der Waals surface area (Å²) < 4.78 is 5.25. The number of methoxy groups -OCH3 is 1. The number of hydrogen-bond donors (Lipinski definition) is 1. The molecule has 0 unspecified atom stereocenters. The summed E-state index contributed by atoms with van der Waals surface area (Å²) in [4.78, 5) is 11.9.